The van der Waals surface area contributed by atoms with E-state index in [-0.39, 0.29) is 12.0 Å². The zero-order chi connectivity index (χ0) is 31.0. The second-order valence-corrected chi connectivity index (χ2v) is 15.2. The molecule has 0 amide bonds. The molecule has 2 N–H and O–H groups in total. The molecule has 44 heavy (non-hydrogen) atoms. The summed E-state index contributed by atoms with van der Waals surface area (Å²) in [6, 6.07) is 10.1. The van der Waals surface area contributed by atoms with Crippen molar-refractivity contribution in [1.82, 2.24) is 19.9 Å². The molecule has 3 aliphatic rings. The van der Waals surface area contributed by atoms with Gasteiger partial charge in [-0.15, -0.1) is 0 Å². The number of methoxy groups -OCH3 is 2. The van der Waals surface area contributed by atoms with Crippen LogP contribution in [-0.4, -0.2) is 56.8 Å². The Morgan fingerprint density at radius 3 is 2.57 bits per heavy atom. The molecule has 3 aliphatic carbocycles. The van der Waals surface area contributed by atoms with Crippen LogP contribution in [0.15, 0.2) is 41.4 Å². The van der Waals surface area contributed by atoms with Crippen molar-refractivity contribution in [2.75, 3.05) is 27.3 Å². The molecule has 2 aromatic carbocycles. The molecule has 8 nitrogen and oxygen atoms in total. The summed E-state index contributed by atoms with van der Waals surface area (Å²) >= 11 is 6.05. The van der Waals surface area contributed by atoms with Crippen LogP contribution in [0.2, 0.25) is 0 Å². The van der Waals surface area contributed by atoms with Crippen molar-refractivity contribution in [3.63, 3.8) is 0 Å². The van der Waals surface area contributed by atoms with E-state index in [4.69, 9.17) is 26.7 Å². The maximum absolute atomic E-state index is 14.0. The number of thiocarbonyl (C=S) groups is 1. The van der Waals surface area contributed by atoms with Crippen molar-refractivity contribution in [2.24, 2.45) is 11.8 Å². The molecule has 0 spiro atoms. The van der Waals surface area contributed by atoms with E-state index < -0.39 is 10.0 Å². The Kier molecular flexibility index (Phi) is 9.04. The summed E-state index contributed by atoms with van der Waals surface area (Å²) in [4.78, 5) is 7.37. The number of benzene rings is 2. The van der Waals surface area contributed by atoms with Crippen molar-refractivity contribution < 1.29 is 17.9 Å². The zero-order valence-corrected chi connectivity index (χ0v) is 27.8. The van der Waals surface area contributed by atoms with Crippen molar-refractivity contribution in [1.29, 1.82) is 0 Å². The summed E-state index contributed by atoms with van der Waals surface area (Å²) < 4.78 is 42.0. The van der Waals surface area contributed by atoms with Crippen LogP contribution < -0.4 is 19.5 Å². The first-order valence-electron chi connectivity index (χ1n) is 15.9. The van der Waals surface area contributed by atoms with Crippen LogP contribution in [0.1, 0.15) is 74.3 Å². The number of fused-ring (bicyclic) bond motifs is 2. The highest BCUT2D eigenvalue weighted by Crippen LogP contribution is 2.42. The van der Waals surface area contributed by atoms with E-state index >= 15 is 0 Å². The summed E-state index contributed by atoms with van der Waals surface area (Å²) in [5.41, 5.74) is 4.03. The lowest BCUT2D eigenvalue weighted by molar-refractivity contribution is 0.355. The molecule has 1 unspecified atom stereocenters. The van der Waals surface area contributed by atoms with E-state index in [0.717, 1.165) is 76.9 Å². The summed E-state index contributed by atoms with van der Waals surface area (Å²) in [5, 5.41) is 6.03. The highest BCUT2D eigenvalue weighted by Gasteiger charge is 2.33. The molecule has 1 atom stereocenters. The fourth-order valence-corrected chi connectivity index (χ4v) is 8.18. The van der Waals surface area contributed by atoms with Crippen LogP contribution >= 0.6 is 12.2 Å². The lowest BCUT2D eigenvalue weighted by Gasteiger charge is -2.33. The number of aryl methyl sites for hydroxylation is 1. The maximum atomic E-state index is 14.0. The van der Waals surface area contributed by atoms with Crippen LogP contribution in [0.5, 0.6) is 11.5 Å². The van der Waals surface area contributed by atoms with Gasteiger partial charge in [-0.1, -0.05) is 13.8 Å². The predicted molar refractivity (Wildman–Crippen MR) is 178 cm³/mol. The van der Waals surface area contributed by atoms with Gasteiger partial charge in [-0.2, -0.15) is 0 Å². The van der Waals surface area contributed by atoms with Crippen LogP contribution in [0, 0.1) is 11.8 Å². The molecule has 1 heterocycles. The predicted octanol–water partition coefficient (Wildman–Crippen LogP) is 5.71. The summed E-state index contributed by atoms with van der Waals surface area (Å²) in [7, 11) is -0.422. The van der Waals surface area contributed by atoms with Gasteiger partial charge in [0, 0.05) is 65.9 Å². The largest absolute Gasteiger partial charge is 0.497 e. The Morgan fingerprint density at radius 2 is 1.89 bits per heavy atom. The number of aromatic nitrogens is 1. The Hall–Kier alpha value is -2.95. The number of nitrogens with one attached hydrogen (secondary N) is 2. The average Bonchev–Trinajstić information content (AvgIpc) is 3.94. The van der Waals surface area contributed by atoms with E-state index in [0.29, 0.717) is 41.4 Å². The lowest BCUT2D eigenvalue weighted by Crippen LogP contribution is -2.47. The number of rotatable bonds is 12. The highest BCUT2D eigenvalue weighted by molar-refractivity contribution is 7.89. The molecule has 1 aromatic heterocycles. The van der Waals surface area contributed by atoms with Gasteiger partial charge in [0.1, 0.15) is 11.5 Å². The monoisotopic (exact) mass is 636 g/mol. The van der Waals surface area contributed by atoms with Crippen molar-refractivity contribution in [3.8, 4) is 11.5 Å². The van der Waals surface area contributed by atoms with Gasteiger partial charge >= 0.3 is 0 Å². The quantitative estimate of drug-likeness (QED) is 0.245. The first-order chi connectivity index (χ1) is 21.1. The molecule has 0 aliphatic heterocycles. The van der Waals surface area contributed by atoms with Gasteiger partial charge in [-0.3, -0.25) is 4.98 Å². The molecule has 0 bridgehead atoms. The number of sulfonamides is 1. The van der Waals surface area contributed by atoms with Gasteiger partial charge in [0.25, 0.3) is 0 Å². The molecular weight excluding hydrogens is 593 g/mol. The molecule has 6 rings (SSSR count). The second kappa shape index (κ2) is 12.8. The van der Waals surface area contributed by atoms with Gasteiger partial charge in [-0.25, -0.2) is 13.1 Å². The Bertz CT molecular complexity index is 1650. The van der Waals surface area contributed by atoms with E-state index in [1.165, 1.54) is 12.8 Å². The van der Waals surface area contributed by atoms with E-state index in [1.54, 1.807) is 14.2 Å². The third-order valence-electron chi connectivity index (χ3n) is 9.00. The maximum Gasteiger partial charge on any atom is 0.241 e. The Morgan fingerprint density at radius 1 is 1.09 bits per heavy atom. The van der Waals surface area contributed by atoms with E-state index in [1.807, 2.05) is 44.3 Å². The third kappa shape index (κ3) is 6.97. The zero-order valence-electron chi connectivity index (χ0n) is 26.2. The summed E-state index contributed by atoms with van der Waals surface area (Å²) in [5.74, 6) is 2.80. The standard InChI is InChI=1S/C34H44N4O4S2/c1-21(2)17-36-44(39,40)33-29-14-27(11-9-24(29)13-26-18-35-31(16-30(26)33)23-7-8-23)37-34(43)38(19-22-5-6-22)20-25-10-12-28(41-3)15-32(25)42-4/h10,12-13,15-16,18,21-23,27,36H,5-9,11,14,17,19-20H2,1-4H3,(H,37,43). The SMILES string of the molecule is COc1ccc(CN(CC2CC2)C(=S)NC2CCc3cc4cnc(C5CC5)cc4c(S(=O)(=O)NCC(C)C)c3C2)c(OC)c1. The first kappa shape index (κ1) is 31.0. The van der Waals surface area contributed by atoms with Crippen molar-refractivity contribution >= 4 is 38.1 Å². The van der Waals surface area contributed by atoms with Gasteiger partial charge < -0.3 is 19.7 Å². The summed E-state index contributed by atoms with van der Waals surface area (Å²) in [6.45, 7) is 5.94. The van der Waals surface area contributed by atoms with Crippen LogP contribution in [0.3, 0.4) is 0 Å². The first-order valence-corrected chi connectivity index (χ1v) is 17.7. The molecule has 2 saturated carbocycles. The molecule has 10 heteroatoms. The van der Waals surface area contributed by atoms with Crippen molar-refractivity contribution in [3.05, 3.63) is 58.9 Å². The normalized spacial score (nSPS) is 18.2. The van der Waals surface area contributed by atoms with Crippen molar-refractivity contribution in [2.45, 2.75) is 82.2 Å². The average molecular weight is 637 g/mol. The molecule has 236 valence electrons. The molecule has 0 radical (unpaired) electrons. The van der Waals surface area contributed by atoms with Gasteiger partial charge in [0.05, 0.1) is 19.1 Å². The second-order valence-electron chi connectivity index (χ2n) is 13.1. The summed E-state index contributed by atoms with van der Waals surface area (Å²) in [6.07, 6.45) is 8.75. The Labute approximate surface area is 267 Å². The number of ether oxygens (including phenoxy) is 2. The van der Waals surface area contributed by atoms with Crippen LogP contribution in [-0.2, 0) is 29.4 Å². The van der Waals surface area contributed by atoms with E-state index in [9.17, 15) is 8.42 Å². The molecule has 2 fully saturated rings. The number of nitrogens with zero attached hydrogens (tertiary/aromatic N) is 2. The van der Waals surface area contributed by atoms with Gasteiger partial charge in [0.2, 0.25) is 10.0 Å². The minimum Gasteiger partial charge on any atom is -0.497 e. The van der Waals surface area contributed by atoms with Gasteiger partial charge in [0.15, 0.2) is 5.11 Å². The Balaban J connectivity index is 1.29. The van der Waals surface area contributed by atoms with Crippen LogP contribution in [0.4, 0.5) is 0 Å². The third-order valence-corrected chi connectivity index (χ3v) is 10.9. The van der Waals surface area contributed by atoms with Gasteiger partial charge in [-0.05, 0) is 104 Å². The molecule has 3 aromatic rings. The number of pyridine rings is 1. The lowest BCUT2D eigenvalue weighted by atomic mass is 9.86. The highest BCUT2D eigenvalue weighted by atomic mass is 32.2. The number of hydrogen-bond acceptors (Lipinski definition) is 6. The fraction of sp³-hybridized carbons (Fsp3) is 0.529. The van der Waals surface area contributed by atoms with E-state index in [2.05, 4.69) is 21.0 Å². The smallest absolute Gasteiger partial charge is 0.241 e. The van der Waals surface area contributed by atoms with Crippen LogP contribution in [0.25, 0.3) is 10.8 Å². The number of hydrogen-bond donors (Lipinski definition) is 2. The topological polar surface area (TPSA) is 92.8 Å². The molecule has 0 saturated heterocycles. The minimum atomic E-state index is -3.75. The molecular formula is C34H44N4O4S2. The minimum absolute atomic E-state index is 0.0238. The fourth-order valence-electron chi connectivity index (χ4n) is 6.17.